The first kappa shape index (κ1) is 16.7. The summed E-state index contributed by atoms with van der Waals surface area (Å²) >= 11 is 0. The molecular weight excluding hydrogens is 278 g/mol. The molecule has 0 aliphatic carbocycles. The van der Waals surface area contributed by atoms with E-state index in [1.165, 1.54) is 7.11 Å². The molecule has 112 valence electrons. The van der Waals surface area contributed by atoms with Crippen LogP contribution in [0.5, 0.6) is 0 Å². The Morgan fingerprint density at radius 2 is 1.75 bits per heavy atom. The molecule has 0 spiro atoms. The van der Waals surface area contributed by atoms with Crippen molar-refractivity contribution in [2.45, 2.75) is 37.5 Å². The van der Waals surface area contributed by atoms with Crippen LogP contribution in [0.1, 0.15) is 32.8 Å². The SMILES string of the molecule is COC(=O)CCNS(=O)(=O)c1ccc(C(C)(C)C)cc1. The van der Waals surface area contributed by atoms with Gasteiger partial charge >= 0.3 is 5.97 Å². The van der Waals surface area contributed by atoms with E-state index in [0.717, 1.165) is 5.56 Å². The lowest BCUT2D eigenvalue weighted by molar-refractivity contribution is -0.140. The third kappa shape index (κ3) is 4.61. The number of carbonyl (C=O) groups is 1. The van der Waals surface area contributed by atoms with Crippen LogP contribution in [0, 0.1) is 0 Å². The van der Waals surface area contributed by atoms with Crippen LogP contribution in [0.4, 0.5) is 0 Å². The summed E-state index contributed by atoms with van der Waals surface area (Å²) in [5.74, 6) is -0.448. The van der Waals surface area contributed by atoms with Crippen molar-refractivity contribution < 1.29 is 17.9 Å². The van der Waals surface area contributed by atoms with Crippen LogP contribution in [-0.4, -0.2) is 28.0 Å². The van der Waals surface area contributed by atoms with Crippen LogP contribution in [0.15, 0.2) is 29.2 Å². The van der Waals surface area contributed by atoms with E-state index in [9.17, 15) is 13.2 Å². The third-order valence-corrected chi connectivity index (χ3v) is 4.36. The predicted octanol–water partition coefficient (Wildman–Crippen LogP) is 1.83. The molecule has 20 heavy (non-hydrogen) atoms. The second-order valence-corrected chi connectivity index (χ2v) is 7.27. The lowest BCUT2D eigenvalue weighted by Crippen LogP contribution is -2.26. The normalized spacial score (nSPS) is 12.2. The Hall–Kier alpha value is -1.40. The van der Waals surface area contributed by atoms with Gasteiger partial charge in [0.25, 0.3) is 0 Å². The standard InChI is InChI=1S/C14H21NO4S/c1-14(2,3)11-5-7-12(8-6-11)20(17,18)15-10-9-13(16)19-4/h5-8,15H,9-10H2,1-4H3. The third-order valence-electron chi connectivity index (χ3n) is 2.88. The zero-order valence-electron chi connectivity index (χ0n) is 12.3. The molecule has 0 heterocycles. The summed E-state index contributed by atoms with van der Waals surface area (Å²) in [6.45, 7) is 6.21. The fourth-order valence-corrected chi connectivity index (χ4v) is 2.64. The van der Waals surface area contributed by atoms with Crippen LogP contribution in [-0.2, 0) is 25.0 Å². The predicted molar refractivity (Wildman–Crippen MR) is 77.0 cm³/mol. The molecule has 5 nitrogen and oxygen atoms in total. The molecule has 0 fully saturated rings. The Kier molecular flexibility index (Phi) is 5.30. The minimum Gasteiger partial charge on any atom is -0.469 e. The average molecular weight is 299 g/mol. The fraction of sp³-hybridized carbons (Fsp3) is 0.500. The molecule has 0 saturated carbocycles. The highest BCUT2D eigenvalue weighted by Gasteiger charge is 2.17. The maximum atomic E-state index is 12.0. The Labute approximate surface area is 120 Å². The molecule has 1 rings (SSSR count). The first-order valence-corrected chi connectivity index (χ1v) is 7.82. The Morgan fingerprint density at radius 1 is 1.20 bits per heavy atom. The summed E-state index contributed by atoms with van der Waals surface area (Å²) in [4.78, 5) is 11.1. The molecule has 0 radical (unpaired) electrons. The van der Waals surface area contributed by atoms with Crippen LogP contribution >= 0.6 is 0 Å². The summed E-state index contributed by atoms with van der Waals surface area (Å²) < 4.78 is 30.8. The summed E-state index contributed by atoms with van der Waals surface area (Å²) in [6, 6.07) is 6.74. The van der Waals surface area contributed by atoms with Gasteiger partial charge in [-0.2, -0.15) is 0 Å². The maximum Gasteiger partial charge on any atom is 0.306 e. The zero-order chi connectivity index (χ0) is 15.4. The number of nitrogens with one attached hydrogen (secondary N) is 1. The highest BCUT2D eigenvalue weighted by molar-refractivity contribution is 7.89. The van der Waals surface area contributed by atoms with Gasteiger partial charge in [0, 0.05) is 6.54 Å². The van der Waals surface area contributed by atoms with Gasteiger partial charge in [-0.3, -0.25) is 4.79 Å². The average Bonchev–Trinajstić information content (AvgIpc) is 2.37. The number of hydrogen-bond donors (Lipinski definition) is 1. The van der Waals surface area contributed by atoms with Gasteiger partial charge in [-0.15, -0.1) is 0 Å². The van der Waals surface area contributed by atoms with E-state index in [4.69, 9.17) is 0 Å². The van der Waals surface area contributed by atoms with Gasteiger partial charge in [0.05, 0.1) is 18.4 Å². The molecule has 0 aliphatic heterocycles. The topological polar surface area (TPSA) is 72.5 Å². The first-order chi connectivity index (χ1) is 9.16. The van der Waals surface area contributed by atoms with Crippen molar-refractivity contribution in [3.63, 3.8) is 0 Å². The van der Waals surface area contributed by atoms with Crippen molar-refractivity contribution in [1.29, 1.82) is 0 Å². The summed E-state index contributed by atoms with van der Waals surface area (Å²) in [5, 5.41) is 0. The van der Waals surface area contributed by atoms with Crippen molar-refractivity contribution in [3.05, 3.63) is 29.8 Å². The summed E-state index contributed by atoms with van der Waals surface area (Å²) in [6.07, 6.45) is 0.00973. The fourth-order valence-electron chi connectivity index (χ4n) is 1.61. The number of methoxy groups -OCH3 is 1. The van der Waals surface area contributed by atoms with Gasteiger partial charge in [0.2, 0.25) is 10.0 Å². The molecule has 1 aromatic rings. The number of hydrogen-bond acceptors (Lipinski definition) is 4. The molecule has 0 aliphatic rings. The van der Waals surface area contributed by atoms with Gasteiger partial charge in [-0.05, 0) is 23.1 Å². The number of carbonyl (C=O) groups excluding carboxylic acids is 1. The van der Waals surface area contributed by atoms with E-state index in [0.29, 0.717) is 0 Å². The van der Waals surface area contributed by atoms with Crippen LogP contribution in [0.25, 0.3) is 0 Å². The largest absolute Gasteiger partial charge is 0.469 e. The molecule has 1 N–H and O–H groups in total. The van der Waals surface area contributed by atoms with Crippen LogP contribution in [0.3, 0.4) is 0 Å². The number of sulfonamides is 1. The Bertz CT molecular complexity index is 556. The van der Waals surface area contributed by atoms with Crippen LogP contribution in [0.2, 0.25) is 0 Å². The van der Waals surface area contributed by atoms with Crippen LogP contribution < -0.4 is 4.72 Å². The smallest absolute Gasteiger partial charge is 0.306 e. The highest BCUT2D eigenvalue weighted by Crippen LogP contribution is 2.23. The van der Waals surface area contributed by atoms with E-state index >= 15 is 0 Å². The van der Waals surface area contributed by atoms with Gasteiger partial charge < -0.3 is 4.74 Å². The second-order valence-electron chi connectivity index (χ2n) is 5.50. The lowest BCUT2D eigenvalue weighted by atomic mass is 9.87. The van der Waals surface area contributed by atoms with E-state index in [2.05, 4.69) is 30.2 Å². The number of ether oxygens (including phenoxy) is 1. The molecule has 0 amide bonds. The Balaban J connectivity index is 2.76. The molecule has 6 heteroatoms. The molecule has 1 aromatic carbocycles. The molecule has 0 atom stereocenters. The van der Waals surface area contributed by atoms with Crippen molar-refractivity contribution >= 4 is 16.0 Å². The monoisotopic (exact) mass is 299 g/mol. The lowest BCUT2D eigenvalue weighted by Gasteiger charge is -2.19. The van der Waals surface area contributed by atoms with Gasteiger partial charge in [0.15, 0.2) is 0 Å². The zero-order valence-corrected chi connectivity index (χ0v) is 13.1. The quantitative estimate of drug-likeness (QED) is 0.842. The van der Waals surface area contributed by atoms with Gasteiger partial charge in [-0.1, -0.05) is 32.9 Å². The highest BCUT2D eigenvalue weighted by atomic mass is 32.2. The van der Waals surface area contributed by atoms with Crippen molar-refractivity contribution in [2.24, 2.45) is 0 Å². The minimum atomic E-state index is -3.58. The second kappa shape index (κ2) is 6.37. The van der Waals surface area contributed by atoms with Gasteiger partial charge in [-0.25, -0.2) is 13.1 Å². The van der Waals surface area contributed by atoms with Gasteiger partial charge in [0.1, 0.15) is 0 Å². The van der Waals surface area contributed by atoms with E-state index in [-0.39, 0.29) is 23.3 Å². The van der Waals surface area contributed by atoms with Crippen molar-refractivity contribution in [3.8, 4) is 0 Å². The van der Waals surface area contributed by atoms with E-state index in [1.54, 1.807) is 24.3 Å². The summed E-state index contributed by atoms with van der Waals surface area (Å²) in [5.41, 5.74) is 1.03. The number of benzene rings is 1. The first-order valence-electron chi connectivity index (χ1n) is 6.34. The van der Waals surface area contributed by atoms with E-state index < -0.39 is 16.0 Å². The molecule has 0 aromatic heterocycles. The minimum absolute atomic E-state index is 0.00973. The maximum absolute atomic E-state index is 12.0. The molecule has 0 bridgehead atoms. The number of rotatable bonds is 5. The Morgan fingerprint density at radius 3 is 2.20 bits per heavy atom. The van der Waals surface area contributed by atoms with E-state index in [1.807, 2.05) is 0 Å². The van der Waals surface area contributed by atoms with Crippen molar-refractivity contribution in [1.82, 2.24) is 4.72 Å². The molecule has 0 unspecified atom stereocenters. The summed E-state index contributed by atoms with van der Waals surface area (Å²) in [7, 11) is -2.32. The molecule has 0 saturated heterocycles. The van der Waals surface area contributed by atoms with Crippen molar-refractivity contribution in [2.75, 3.05) is 13.7 Å². The number of esters is 1. The molecular formula is C14H21NO4S.